The second-order valence-electron chi connectivity index (χ2n) is 4.21. The molecule has 0 heterocycles. The summed E-state index contributed by atoms with van der Waals surface area (Å²) in [6.45, 7) is 11.3. The first-order chi connectivity index (χ1) is 7.70. The van der Waals surface area contributed by atoms with Gasteiger partial charge < -0.3 is 14.8 Å². The van der Waals surface area contributed by atoms with Gasteiger partial charge in [-0.05, 0) is 32.7 Å². The molecule has 3 heteroatoms. The van der Waals surface area contributed by atoms with Gasteiger partial charge in [-0.15, -0.1) is 6.58 Å². The predicted molar refractivity (Wildman–Crippen MR) is 68.8 cm³/mol. The summed E-state index contributed by atoms with van der Waals surface area (Å²) in [5.74, 6) is 0. The number of nitrogens with one attached hydrogen (secondary N) is 1. The quantitative estimate of drug-likeness (QED) is 0.436. The van der Waals surface area contributed by atoms with Gasteiger partial charge in [-0.25, -0.2) is 0 Å². The lowest BCUT2D eigenvalue weighted by molar-refractivity contribution is 0.0575. The average Bonchev–Trinajstić information content (AvgIpc) is 2.26. The Labute approximate surface area is 100 Å². The maximum atomic E-state index is 5.55. The zero-order valence-electron chi connectivity index (χ0n) is 11.1. The number of ether oxygens (including phenoxy) is 2. The number of hydrogen-bond acceptors (Lipinski definition) is 3. The smallest absolute Gasteiger partial charge is 0.0701 e. The maximum Gasteiger partial charge on any atom is 0.0701 e. The molecule has 3 nitrogen and oxygen atoms in total. The molecule has 0 aliphatic heterocycles. The summed E-state index contributed by atoms with van der Waals surface area (Å²) >= 11 is 0. The van der Waals surface area contributed by atoms with Gasteiger partial charge in [-0.1, -0.05) is 12.5 Å². The second-order valence-corrected chi connectivity index (χ2v) is 4.21. The van der Waals surface area contributed by atoms with E-state index >= 15 is 0 Å². The van der Waals surface area contributed by atoms with Gasteiger partial charge >= 0.3 is 0 Å². The molecule has 0 aromatic heterocycles. The molecule has 0 saturated heterocycles. The van der Waals surface area contributed by atoms with Crippen LogP contribution in [0.3, 0.4) is 0 Å². The molecule has 0 aliphatic rings. The van der Waals surface area contributed by atoms with Gasteiger partial charge in [0.1, 0.15) is 0 Å². The summed E-state index contributed by atoms with van der Waals surface area (Å²) in [6.07, 6.45) is 3.32. The monoisotopic (exact) mass is 229 g/mol. The van der Waals surface area contributed by atoms with E-state index in [1.165, 1.54) is 5.57 Å². The Morgan fingerprint density at radius 3 is 2.69 bits per heavy atom. The van der Waals surface area contributed by atoms with E-state index < -0.39 is 0 Å². The Hall–Kier alpha value is -0.380. The van der Waals surface area contributed by atoms with E-state index in [1.807, 2.05) is 0 Å². The SMILES string of the molecule is C=C(C)CCC(COCCOC)NCCC. The molecular formula is C13H27NO2. The summed E-state index contributed by atoms with van der Waals surface area (Å²) in [7, 11) is 1.69. The van der Waals surface area contributed by atoms with Crippen LogP contribution in [0.15, 0.2) is 12.2 Å². The van der Waals surface area contributed by atoms with Crippen molar-refractivity contribution in [2.45, 2.75) is 39.2 Å². The number of methoxy groups -OCH3 is 1. The van der Waals surface area contributed by atoms with Crippen molar-refractivity contribution in [3.8, 4) is 0 Å². The molecular weight excluding hydrogens is 202 g/mol. The van der Waals surface area contributed by atoms with Crippen LogP contribution < -0.4 is 5.32 Å². The van der Waals surface area contributed by atoms with Crippen molar-refractivity contribution in [3.05, 3.63) is 12.2 Å². The van der Waals surface area contributed by atoms with E-state index in [-0.39, 0.29) is 0 Å². The minimum atomic E-state index is 0.438. The van der Waals surface area contributed by atoms with Crippen molar-refractivity contribution in [1.29, 1.82) is 0 Å². The normalized spacial score (nSPS) is 12.7. The Bertz CT molecular complexity index is 171. The van der Waals surface area contributed by atoms with E-state index in [2.05, 4.69) is 25.7 Å². The third-order valence-corrected chi connectivity index (χ3v) is 2.35. The van der Waals surface area contributed by atoms with Crippen LogP contribution in [-0.4, -0.2) is 39.5 Å². The Morgan fingerprint density at radius 1 is 1.38 bits per heavy atom. The van der Waals surface area contributed by atoms with E-state index in [0.717, 1.165) is 32.4 Å². The summed E-state index contributed by atoms with van der Waals surface area (Å²) in [4.78, 5) is 0. The highest BCUT2D eigenvalue weighted by atomic mass is 16.5. The van der Waals surface area contributed by atoms with Crippen molar-refractivity contribution >= 4 is 0 Å². The number of rotatable bonds is 11. The Morgan fingerprint density at radius 2 is 2.12 bits per heavy atom. The molecule has 0 aliphatic carbocycles. The lowest BCUT2D eigenvalue weighted by Crippen LogP contribution is -2.34. The van der Waals surface area contributed by atoms with Crippen LogP contribution >= 0.6 is 0 Å². The number of allylic oxidation sites excluding steroid dienone is 1. The average molecular weight is 229 g/mol. The van der Waals surface area contributed by atoms with Crippen LogP contribution in [0.4, 0.5) is 0 Å². The predicted octanol–water partition coefficient (Wildman–Crippen LogP) is 2.37. The molecule has 0 radical (unpaired) electrons. The molecule has 0 bridgehead atoms. The molecule has 0 saturated carbocycles. The first-order valence-corrected chi connectivity index (χ1v) is 6.15. The minimum absolute atomic E-state index is 0.438. The Kier molecular flexibility index (Phi) is 10.9. The molecule has 1 N–H and O–H groups in total. The summed E-state index contributed by atoms with van der Waals surface area (Å²) in [6, 6.07) is 0.438. The molecule has 0 rings (SSSR count). The van der Waals surface area contributed by atoms with Crippen LogP contribution in [0.2, 0.25) is 0 Å². The lowest BCUT2D eigenvalue weighted by Gasteiger charge is -2.18. The van der Waals surface area contributed by atoms with Gasteiger partial charge in [-0.2, -0.15) is 0 Å². The highest BCUT2D eigenvalue weighted by molar-refractivity contribution is 4.89. The van der Waals surface area contributed by atoms with Crippen LogP contribution in [0.1, 0.15) is 33.1 Å². The van der Waals surface area contributed by atoms with Crippen molar-refractivity contribution < 1.29 is 9.47 Å². The maximum absolute atomic E-state index is 5.55. The zero-order chi connectivity index (χ0) is 12.2. The van der Waals surface area contributed by atoms with Crippen LogP contribution in [0.25, 0.3) is 0 Å². The van der Waals surface area contributed by atoms with E-state index in [9.17, 15) is 0 Å². The van der Waals surface area contributed by atoms with Crippen LogP contribution in [0.5, 0.6) is 0 Å². The van der Waals surface area contributed by atoms with Crippen LogP contribution in [-0.2, 0) is 9.47 Å². The molecule has 0 spiro atoms. The van der Waals surface area contributed by atoms with Gasteiger partial charge in [-0.3, -0.25) is 0 Å². The third kappa shape index (κ3) is 10.1. The first kappa shape index (κ1) is 15.6. The largest absolute Gasteiger partial charge is 0.382 e. The minimum Gasteiger partial charge on any atom is -0.382 e. The Balaban J connectivity index is 3.66. The summed E-state index contributed by atoms with van der Waals surface area (Å²) in [5.41, 5.74) is 1.24. The van der Waals surface area contributed by atoms with Crippen molar-refractivity contribution in [1.82, 2.24) is 5.32 Å². The molecule has 0 amide bonds. The van der Waals surface area contributed by atoms with Gasteiger partial charge in [0.15, 0.2) is 0 Å². The molecule has 0 fully saturated rings. The molecule has 1 unspecified atom stereocenters. The van der Waals surface area contributed by atoms with Crippen molar-refractivity contribution in [3.63, 3.8) is 0 Å². The van der Waals surface area contributed by atoms with Crippen molar-refractivity contribution in [2.24, 2.45) is 0 Å². The topological polar surface area (TPSA) is 30.5 Å². The van der Waals surface area contributed by atoms with Crippen LogP contribution in [0, 0.1) is 0 Å². The lowest BCUT2D eigenvalue weighted by atomic mass is 10.1. The van der Waals surface area contributed by atoms with Gasteiger partial charge in [0.2, 0.25) is 0 Å². The van der Waals surface area contributed by atoms with E-state index in [1.54, 1.807) is 7.11 Å². The third-order valence-electron chi connectivity index (χ3n) is 2.35. The van der Waals surface area contributed by atoms with E-state index in [0.29, 0.717) is 19.3 Å². The molecule has 0 aromatic carbocycles. The fraction of sp³-hybridized carbons (Fsp3) is 0.846. The zero-order valence-corrected chi connectivity index (χ0v) is 11.1. The fourth-order valence-corrected chi connectivity index (χ4v) is 1.38. The van der Waals surface area contributed by atoms with Crippen molar-refractivity contribution in [2.75, 3.05) is 33.5 Å². The second kappa shape index (κ2) is 11.1. The van der Waals surface area contributed by atoms with E-state index in [4.69, 9.17) is 9.47 Å². The fourth-order valence-electron chi connectivity index (χ4n) is 1.38. The summed E-state index contributed by atoms with van der Waals surface area (Å²) in [5, 5.41) is 3.49. The summed E-state index contributed by atoms with van der Waals surface area (Å²) < 4.78 is 10.5. The molecule has 1 atom stereocenters. The highest BCUT2D eigenvalue weighted by Crippen LogP contribution is 2.05. The van der Waals surface area contributed by atoms with Gasteiger partial charge in [0.05, 0.1) is 19.8 Å². The van der Waals surface area contributed by atoms with Gasteiger partial charge in [0.25, 0.3) is 0 Å². The van der Waals surface area contributed by atoms with Gasteiger partial charge in [0, 0.05) is 13.2 Å². The first-order valence-electron chi connectivity index (χ1n) is 6.15. The standard InChI is InChI=1S/C13H27NO2/c1-5-8-14-13(7-6-12(2)3)11-16-10-9-15-4/h13-14H,2,5-11H2,1,3-4H3. The molecule has 96 valence electrons. The number of hydrogen-bond donors (Lipinski definition) is 1. The molecule has 16 heavy (non-hydrogen) atoms. The highest BCUT2D eigenvalue weighted by Gasteiger charge is 2.07. The molecule has 0 aromatic rings.